The molecule has 1 aliphatic rings. The molecule has 1 saturated heterocycles. The molecule has 0 spiro atoms. The Hall–Kier alpha value is -0.220. The number of hydrogen-bond acceptors (Lipinski definition) is 2. The zero-order chi connectivity index (χ0) is 10.6. The minimum absolute atomic E-state index is 0.0731. The highest BCUT2D eigenvalue weighted by atomic mass is 19.3. The fourth-order valence-electron chi connectivity index (χ4n) is 1.98. The van der Waals surface area contributed by atoms with Crippen LogP contribution in [0.5, 0.6) is 0 Å². The molecule has 0 aromatic carbocycles. The van der Waals surface area contributed by atoms with Crippen LogP contribution in [0, 0.1) is 5.92 Å². The molecule has 14 heavy (non-hydrogen) atoms. The number of nitrogens with zero attached hydrogens (tertiary/aromatic N) is 1. The highest BCUT2D eigenvalue weighted by Gasteiger charge is 2.21. The summed E-state index contributed by atoms with van der Waals surface area (Å²) in [4.78, 5) is 1.86. The van der Waals surface area contributed by atoms with Crippen molar-refractivity contribution in [3.05, 3.63) is 0 Å². The van der Waals surface area contributed by atoms with Crippen LogP contribution in [0.2, 0.25) is 0 Å². The number of piperazine rings is 1. The minimum atomic E-state index is -2.20. The first-order valence-electron chi connectivity index (χ1n) is 5.32. The summed E-state index contributed by atoms with van der Waals surface area (Å²) in [6.07, 6.45) is -1.13. The second-order valence-electron chi connectivity index (χ2n) is 4.43. The maximum absolute atomic E-state index is 12.1. The van der Waals surface area contributed by atoms with Crippen molar-refractivity contribution < 1.29 is 8.78 Å². The summed E-state index contributed by atoms with van der Waals surface area (Å²) < 4.78 is 24.3. The zero-order valence-electron chi connectivity index (χ0n) is 8.97. The predicted molar refractivity (Wildman–Crippen MR) is 53.7 cm³/mol. The molecule has 1 N–H and O–H groups in total. The maximum atomic E-state index is 12.1. The topological polar surface area (TPSA) is 15.3 Å². The lowest BCUT2D eigenvalue weighted by Gasteiger charge is -2.34. The van der Waals surface area contributed by atoms with Crippen molar-refractivity contribution in [3.8, 4) is 0 Å². The van der Waals surface area contributed by atoms with Gasteiger partial charge >= 0.3 is 0 Å². The Balaban J connectivity index is 2.28. The fourth-order valence-corrected chi connectivity index (χ4v) is 1.98. The van der Waals surface area contributed by atoms with Gasteiger partial charge in [-0.3, -0.25) is 4.90 Å². The highest BCUT2D eigenvalue weighted by Crippen LogP contribution is 2.10. The maximum Gasteiger partial charge on any atom is 0.251 e. The third kappa shape index (κ3) is 4.33. The second-order valence-corrected chi connectivity index (χ2v) is 4.43. The van der Waals surface area contributed by atoms with Crippen LogP contribution in [0.3, 0.4) is 0 Å². The van der Waals surface area contributed by atoms with Crippen molar-refractivity contribution in [3.63, 3.8) is 0 Å². The van der Waals surface area contributed by atoms with Crippen molar-refractivity contribution in [2.45, 2.75) is 32.7 Å². The summed E-state index contributed by atoms with van der Waals surface area (Å²) in [6, 6.07) is 0.391. The Morgan fingerprint density at radius 1 is 1.43 bits per heavy atom. The summed E-state index contributed by atoms with van der Waals surface area (Å²) in [6.45, 7) is 6.60. The standard InChI is InChI=1S/C10H20F2N2/c1-8(2)5-9-6-14(4-3-13-9)7-10(11)12/h8-10,13H,3-7H2,1-2H3. The van der Waals surface area contributed by atoms with E-state index in [2.05, 4.69) is 19.2 Å². The molecule has 0 radical (unpaired) electrons. The molecule has 1 unspecified atom stereocenters. The van der Waals surface area contributed by atoms with E-state index in [9.17, 15) is 8.78 Å². The van der Waals surface area contributed by atoms with E-state index < -0.39 is 6.43 Å². The summed E-state index contributed by atoms with van der Waals surface area (Å²) in [5.41, 5.74) is 0. The third-order valence-electron chi connectivity index (χ3n) is 2.49. The summed E-state index contributed by atoms with van der Waals surface area (Å²) >= 11 is 0. The Labute approximate surface area is 84.7 Å². The van der Waals surface area contributed by atoms with Crippen LogP contribution < -0.4 is 5.32 Å². The molecule has 0 bridgehead atoms. The molecule has 4 heteroatoms. The van der Waals surface area contributed by atoms with Gasteiger partial charge in [-0.05, 0) is 12.3 Å². The summed E-state index contributed by atoms with van der Waals surface area (Å²) in [5.74, 6) is 0.624. The van der Waals surface area contributed by atoms with Gasteiger partial charge in [0.2, 0.25) is 0 Å². The van der Waals surface area contributed by atoms with Crippen molar-refractivity contribution in [2.24, 2.45) is 5.92 Å². The fraction of sp³-hybridized carbons (Fsp3) is 1.00. The highest BCUT2D eigenvalue weighted by molar-refractivity contribution is 4.79. The first-order valence-corrected chi connectivity index (χ1v) is 5.32. The molecule has 0 aromatic heterocycles. The molecule has 1 atom stereocenters. The molecule has 84 valence electrons. The van der Waals surface area contributed by atoms with Gasteiger partial charge in [0.1, 0.15) is 0 Å². The Morgan fingerprint density at radius 3 is 2.71 bits per heavy atom. The lowest BCUT2D eigenvalue weighted by molar-refractivity contribution is 0.0706. The van der Waals surface area contributed by atoms with E-state index in [4.69, 9.17) is 0 Å². The molecule has 0 aromatic rings. The van der Waals surface area contributed by atoms with E-state index in [1.54, 1.807) is 0 Å². The van der Waals surface area contributed by atoms with Crippen molar-refractivity contribution in [1.82, 2.24) is 10.2 Å². The quantitative estimate of drug-likeness (QED) is 0.751. The monoisotopic (exact) mass is 206 g/mol. The normalized spacial score (nSPS) is 24.9. The van der Waals surface area contributed by atoms with E-state index in [0.29, 0.717) is 12.0 Å². The van der Waals surface area contributed by atoms with Crippen LogP contribution in [0.15, 0.2) is 0 Å². The molecule has 1 heterocycles. The van der Waals surface area contributed by atoms with Gasteiger partial charge in [-0.15, -0.1) is 0 Å². The number of halogens is 2. The van der Waals surface area contributed by atoms with Gasteiger partial charge in [-0.25, -0.2) is 8.78 Å². The first kappa shape index (κ1) is 11.9. The van der Waals surface area contributed by atoms with E-state index in [1.165, 1.54) is 0 Å². The van der Waals surface area contributed by atoms with Crippen LogP contribution in [-0.4, -0.2) is 43.5 Å². The van der Waals surface area contributed by atoms with E-state index in [-0.39, 0.29) is 6.54 Å². The second kappa shape index (κ2) is 5.61. The molecule has 1 rings (SSSR count). The number of nitrogens with one attached hydrogen (secondary N) is 1. The van der Waals surface area contributed by atoms with E-state index in [1.807, 2.05) is 4.90 Å². The van der Waals surface area contributed by atoms with Crippen LogP contribution in [0.4, 0.5) is 8.78 Å². The van der Waals surface area contributed by atoms with Gasteiger partial charge in [0.15, 0.2) is 0 Å². The molecule has 1 fully saturated rings. The molecule has 1 aliphatic heterocycles. The van der Waals surface area contributed by atoms with Crippen LogP contribution in [0.25, 0.3) is 0 Å². The van der Waals surface area contributed by atoms with Gasteiger partial charge < -0.3 is 5.32 Å². The predicted octanol–water partition coefficient (Wildman–Crippen LogP) is 1.57. The Kier molecular flexibility index (Phi) is 4.75. The SMILES string of the molecule is CC(C)CC1CN(CC(F)F)CCN1. The van der Waals surface area contributed by atoms with Crippen molar-refractivity contribution in [1.29, 1.82) is 0 Å². The lowest BCUT2D eigenvalue weighted by atomic mass is 10.0. The first-order chi connectivity index (χ1) is 6.58. The molecule has 0 saturated carbocycles. The molecular weight excluding hydrogens is 186 g/mol. The zero-order valence-corrected chi connectivity index (χ0v) is 8.97. The minimum Gasteiger partial charge on any atom is -0.311 e. The Morgan fingerprint density at radius 2 is 2.14 bits per heavy atom. The summed E-state index contributed by atoms with van der Waals surface area (Å²) in [7, 11) is 0. The largest absolute Gasteiger partial charge is 0.311 e. The molecule has 0 amide bonds. The van der Waals surface area contributed by atoms with E-state index >= 15 is 0 Å². The number of alkyl halides is 2. The average molecular weight is 206 g/mol. The number of rotatable bonds is 4. The smallest absolute Gasteiger partial charge is 0.251 e. The van der Waals surface area contributed by atoms with Gasteiger partial charge in [-0.2, -0.15) is 0 Å². The van der Waals surface area contributed by atoms with Crippen LogP contribution in [-0.2, 0) is 0 Å². The number of hydrogen-bond donors (Lipinski definition) is 1. The Bertz CT molecular complexity index is 146. The lowest BCUT2D eigenvalue weighted by Crippen LogP contribution is -2.52. The van der Waals surface area contributed by atoms with Crippen molar-refractivity contribution in [2.75, 3.05) is 26.2 Å². The molecule has 2 nitrogen and oxygen atoms in total. The third-order valence-corrected chi connectivity index (χ3v) is 2.49. The summed E-state index contributed by atoms with van der Waals surface area (Å²) in [5, 5.41) is 3.37. The van der Waals surface area contributed by atoms with Gasteiger partial charge in [0, 0.05) is 25.7 Å². The molecular formula is C10H20F2N2. The van der Waals surface area contributed by atoms with Crippen molar-refractivity contribution >= 4 is 0 Å². The van der Waals surface area contributed by atoms with Gasteiger partial charge in [0.25, 0.3) is 6.43 Å². The van der Waals surface area contributed by atoms with Crippen LogP contribution in [0.1, 0.15) is 20.3 Å². The van der Waals surface area contributed by atoms with Crippen LogP contribution >= 0.6 is 0 Å². The van der Waals surface area contributed by atoms with E-state index in [0.717, 1.165) is 26.1 Å². The molecule has 0 aliphatic carbocycles. The van der Waals surface area contributed by atoms with Gasteiger partial charge in [0.05, 0.1) is 6.54 Å². The van der Waals surface area contributed by atoms with Gasteiger partial charge in [-0.1, -0.05) is 13.8 Å². The average Bonchev–Trinajstić information content (AvgIpc) is 2.01.